The van der Waals surface area contributed by atoms with Gasteiger partial charge in [0.15, 0.2) is 0 Å². The lowest BCUT2D eigenvalue weighted by molar-refractivity contribution is 0.1000. The zero-order valence-electron chi connectivity index (χ0n) is 5.66. The van der Waals surface area contributed by atoms with E-state index in [2.05, 4.69) is 4.98 Å². The zero-order valence-corrected chi connectivity index (χ0v) is 4.66. The molecule has 3 heteroatoms. The van der Waals surface area contributed by atoms with Gasteiger partial charge in [-0.15, -0.1) is 0 Å². The van der Waals surface area contributed by atoms with E-state index in [1.54, 1.807) is 0 Å². The molecule has 0 atom stereocenters. The topological polar surface area (TPSA) is 56.0 Å². The molecule has 1 heterocycles. The summed E-state index contributed by atoms with van der Waals surface area (Å²) in [6.07, 6.45) is 2.72. The van der Waals surface area contributed by atoms with Crippen LogP contribution in [0.2, 0.25) is 0 Å². The monoisotopic (exact) mass is 123 g/mol. The molecule has 0 fully saturated rings. The lowest BCUT2D eigenvalue weighted by Gasteiger charge is -1.88. The molecule has 1 aromatic rings. The molecule has 46 valence electrons. The molecule has 0 saturated carbocycles. The molecule has 0 aliphatic carbocycles. The van der Waals surface area contributed by atoms with E-state index in [1.807, 2.05) is 0 Å². The van der Waals surface area contributed by atoms with Crippen molar-refractivity contribution in [2.45, 2.75) is 0 Å². The van der Waals surface area contributed by atoms with Gasteiger partial charge in [-0.05, 0) is 12.1 Å². The van der Waals surface area contributed by atoms with Gasteiger partial charge >= 0.3 is 0 Å². The molecule has 2 N–H and O–H groups in total. The summed E-state index contributed by atoms with van der Waals surface area (Å²) < 4.78 is 7.16. The molecular formula is C6H6N2O. The number of amides is 1. The Morgan fingerprint density at radius 3 is 3.11 bits per heavy atom. The van der Waals surface area contributed by atoms with Crippen molar-refractivity contribution < 1.29 is 6.17 Å². The third kappa shape index (κ3) is 1.25. The molecule has 0 saturated heterocycles. The molecule has 0 bridgehead atoms. The maximum absolute atomic E-state index is 10.5. The number of nitrogens with zero attached hydrogens (tertiary/aromatic N) is 1. The van der Waals surface area contributed by atoms with E-state index >= 15 is 0 Å². The maximum atomic E-state index is 10.5. The van der Waals surface area contributed by atoms with Crippen molar-refractivity contribution in [1.82, 2.24) is 4.98 Å². The van der Waals surface area contributed by atoms with Crippen LogP contribution in [0.4, 0.5) is 0 Å². The Hall–Kier alpha value is -1.38. The lowest BCUT2D eigenvalue weighted by atomic mass is 10.3. The molecule has 0 spiro atoms. The second-order valence-corrected chi connectivity index (χ2v) is 1.52. The molecule has 0 aromatic carbocycles. The van der Waals surface area contributed by atoms with Gasteiger partial charge in [-0.3, -0.25) is 9.78 Å². The number of primary amides is 1. The van der Waals surface area contributed by atoms with E-state index in [0.29, 0.717) is 0 Å². The number of aromatic nitrogens is 1. The largest absolute Gasteiger partial charge is 0.366 e. The minimum Gasteiger partial charge on any atom is -0.366 e. The van der Waals surface area contributed by atoms with Crippen LogP contribution < -0.4 is 5.73 Å². The highest BCUT2D eigenvalue weighted by Crippen LogP contribution is 1.91. The van der Waals surface area contributed by atoms with Crippen LogP contribution in [-0.4, -0.2) is 10.9 Å². The molecule has 1 amide bonds. The van der Waals surface area contributed by atoms with E-state index in [9.17, 15) is 4.79 Å². The van der Waals surface area contributed by atoms with E-state index in [4.69, 9.17) is 7.10 Å². The summed E-state index contributed by atoms with van der Waals surface area (Å²) in [6, 6.07) is 1.53. The first-order valence-electron chi connectivity index (χ1n) is 2.92. The molecule has 0 aliphatic rings. The van der Waals surface area contributed by atoms with E-state index < -0.39 is 5.91 Å². The fraction of sp³-hybridized carbons (Fsp3) is 0. The highest BCUT2D eigenvalue weighted by atomic mass is 16.1. The predicted molar refractivity (Wildman–Crippen MR) is 32.8 cm³/mol. The number of carbonyl (C=O) groups excluding carboxylic acids is 1. The SMILES string of the molecule is [2H]c1ccncc1C(N)=O. The van der Waals surface area contributed by atoms with Crippen molar-refractivity contribution in [2.24, 2.45) is 5.73 Å². The molecular weight excluding hydrogens is 116 g/mol. The van der Waals surface area contributed by atoms with Gasteiger partial charge in [0.05, 0.1) is 6.93 Å². The van der Waals surface area contributed by atoms with Crippen LogP contribution >= 0.6 is 0 Å². The van der Waals surface area contributed by atoms with Gasteiger partial charge < -0.3 is 5.73 Å². The van der Waals surface area contributed by atoms with Gasteiger partial charge in [0.2, 0.25) is 5.91 Å². The Bertz CT molecular complexity index is 262. The number of nitrogens with two attached hydrogens (primary N) is 1. The van der Waals surface area contributed by atoms with Crippen LogP contribution in [0.5, 0.6) is 0 Å². The second-order valence-electron chi connectivity index (χ2n) is 1.52. The third-order valence-electron chi connectivity index (χ3n) is 0.869. The lowest BCUT2D eigenvalue weighted by Crippen LogP contribution is -2.10. The van der Waals surface area contributed by atoms with Crippen molar-refractivity contribution in [3.8, 4) is 0 Å². The first-order chi connectivity index (χ1) is 4.72. The van der Waals surface area contributed by atoms with E-state index in [-0.39, 0.29) is 11.6 Å². The number of hydrogen-bond donors (Lipinski definition) is 1. The standard InChI is InChI=1S/C6H6N2O/c7-6(9)5-2-1-3-8-4-5/h1-4H,(H2,7,9)/i2D. The van der Waals surface area contributed by atoms with Gasteiger partial charge in [0, 0.05) is 12.4 Å². The van der Waals surface area contributed by atoms with E-state index in [0.717, 1.165) is 0 Å². The Kier molecular flexibility index (Phi) is 1.13. The highest BCUT2D eigenvalue weighted by molar-refractivity contribution is 5.92. The molecule has 3 nitrogen and oxygen atoms in total. The number of carbonyl (C=O) groups is 1. The van der Waals surface area contributed by atoms with Crippen LogP contribution in [0.25, 0.3) is 0 Å². The van der Waals surface area contributed by atoms with Crippen LogP contribution in [0.3, 0.4) is 0 Å². The van der Waals surface area contributed by atoms with Gasteiger partial charge in [-0.1, -0.05) is 0 Å². The van der Waals surface area contributed by atoms with Crippen LogP contribution in [-0.2, 0) is 0 Å². The average Bonchev–Trinajstić information content (AvgIpc) is 1.88. The Morgan fingerprint density at radius 2 is 2.67 bits per heavy atom. The zero-order chi connectivity index (χ0) is 7.56. The van der Waals surface area contributed by atoms with Gasteiger partial charge in [-0.25, -0.2) is 0 Å². The summed E-state index contributed by atoms with van der Waals surface area (Å²) in [4.78, 5) is 14.1. The van der Waals surface area contributed by atoms with Gasteiger partial charge in [-0.2, -0.15) is 0 Å². The predicted octanol–water partition coefficient (Wildman–Crippen LogP) is 0.181. The molecule has 0 aliphatic heterocycles. The number of rotatable bonds is 1. The van der Waals surface area contributed by atoms with Crippen LogP contribution in [0.15, 0.2) is 24.5 Å². The molecule has 0 unspecified atom stereocenters. The van der Waals surface area contributed by atoms with Crippen molar-refractivity contribution in [1.29, 1.82) is 0 Å². The smallest absolute Gasteiger partial charge is 0.250 e. The first kappa shape index (κ1) is 4.49. The Morgan fingerprint density at radius 1 is 1.89 bits per heavy atom. The molecule has 1 rings (SSSR count). The maximum Gasteiger partial charge on any atom is 0.250 e. The Balaban J connectivity index is 3.15. The fourth-order valence-electron chi connectivity index (χ4n) is 0.460. The Labute approximate surface area is 53.9 Å². The fourth-order valence-corrected chi connectivity index (χ4v) is 0.460. The summed E-state index contributed by atoms with van der Waals surface area (Å²) in [7, 11) is 0. The quantitative estimate of drug-likeness (QED) is 0.579. The second kappa shape index (κ2) is 2.26. The number of pyridine rings is 1. The van der Waals surface area contributed by atoms with Crippen LogP contribution in [0.1, 0.15) is 11.7 Å². The third-order valence-corrected chi connectivity index (χ3v) is 0.869. The number of hydrogen-bond acceptors (Lipinski definition) is 2. The van der Waals surface area contributed by atoms with Crippen molar-refractivity contribution in [3.63, 3.8) is 0 Å². The molecule has 0 radical (unpaired) electrons. The van der Waals surface area contributed by atoms with E-state index in [1.165, 1.54) is 18.5 Å². The van der Waals surface area contributed by atoms with Crippen molar-refractivity contribution in [3.05, 3.63) is 30.1 Å². The summed E-state index contributed by atoms with van der Waals surface area (Å²) in [6.45, 7) is 0. The normalized spacial score (nSPS) is 10.4. The van der Waals surface area contributed by atoms with Crippen molar-refractivity contribution >= 4 is 5.91 Å². The molecule has 9 heavy (non-hydrogen) atoms. The van der Waals surface area contributed by atoms with Crippen LogP contribution in [0, 0.1) is 0 Å². The highest BCUT2D eigenvalue weighted by Gasteiger charge is 1.94. The summed E-state index contributed by atoms with van der Waals surface area (Å²) in [5.41, 5.74) is 5.07. The van der Waals surface area contributed by atoms with Crippen molar-refractivity contribution in [2.75, 3.05) is 0 Å². The van der Waals surface area contributed by atoms with Gasteiger partial charge in [0.1, 0.15) is 0 Å². The van der Waals surface area contributed by atoms with Gasteiger partial charge in [0.25, 0.3) is 0 Å². The summed E-state index contributed by atoms with van der Waals surface area (Å²) in [5, 5.41) is 0. The summed E-state index contributed by atoms with van der Waals surface area (Å²) >= 11 is 0. The average molecular weight is 123 g/mol. The summed E-state index contributed by atoms with van der Waals surface area (Å²) in [5.74, 6) is -0.613. The minimum absolute atomic E-state index is 0.113. The minimum atomic E-state index is -0.613. The molecule has 1 aromatic heterocycles. The first-order valence-corrected chi connectivity index (χ1v) is 2.42.